The summed E-state index contributed by atoms with van der Waals surface area (Å²) in [4.78, 5) is 18.0. The van der Waals surface area contributed by atoms with Crippen molar-refractivity contribution in [3.05, 3.63) is 52.3 Å². The number of nitrogens with zero attached hydrogens (tertiary/aromatic N) is 2. The second-order valence-corrected chi connectivity index (χ2v) is 10.1. The first-order valence-electron chi connectivity index (χ1n) is 11.3. The lowest BCUT2D eigenvalue weighted by Crippen LogP contribution is -2.29. The summed E-state index contributed by atoms with van der Waals surface area (Å²) in [7, 11) is 0. The number of carbonyl (C=O) groups is 1. The van der Waals surface area contributed by atoms with Crippen LogP contribution in [0.25, 0.3) is 5.69 Å². The van der Waals surface area contributed by atoms with Crippen LogP contribution in [0.15, 0.2) is 29.4 Å². The molecule has 0 unspecified atom stereocenters. The molecule has 1 aromatic heterocycles. The average molecular weight is 407 g/mol. The van der Waals surface area contributed by atoms with Crippen molar-refractivity contribution in [2.24, 2.45) is 16.5 Å². The Morgan fingerprint density at radius 1 is 1.03 bits per heavy atom. The van der Waals surface area contributed by atoms with Gasteiger partial charge in [-0.15, -0.1) is 0 Å². The van der Waals surface area contributed by atoms with Gasteiger partial charge in [0.05, 0.1) is 11.6 Å². The van der Waals surface area contributed by atoms with Crippen LogP contribution in [-0.4, -0.2) is 16.2 Å². The van der Waals surface area contributed by atoms with Gasteiger partial charge in [-0.2, -0.15) is 0 Å². The van der Waals surface area contributed by atoms with Crippen LogP contribution in [-0.2, 0) is 16.1 Å². The van der Waals surface area contributed by atoms with E-state index in [4.69, 9.17) is 4.84 Å². The quantitative estimate of drug-likeness (QED) is 0.450. The molecule has 2 aliphatic carbocycles. The molecule has 0 spiro atoms. The summed E-state index contributed by atoms with van der Waals surface area (Å²) >= 11 is 0. The Morgan fingerprint density at radius 3 is 2.47 bits per heavy atom. The first-order valence-corrected chi connectivity index (χ1v) is 11.3. The van der Waals surface area contributed by atoms with E-state index in [1.54, 1.807) is 0 Å². The lowest BCUT2D eigenvalue weighted by molar-refractivity contribution is -0.149. The summed E-state index contributed by atoms with van der Waals surface area (Å²) in [6.45, 7) is 11.0. The smallest absolute Gasteiger partial charge is 0.318 e. The molecule has 1 fully saturated rings. The lowest BCUT2D eigenvalue weighted by Gasteiger charge is -2.31. The van der Waals surface area contributed by atoms with Crippen molar-refractivity contribution in [2.75, 3.05) is 0 Å². The third kappa shape index (κ3) is 4.10. The molecule has 160 valence electrons. The molecule has 0 radical (unpaired) electrons. The van der Waals surface area contributed by atoms with E-state index >= 15 is 0 Å². The molecule has 0 amide bonds. The Bertz CT molecular complexity index is 991. The average Bonchev–Trinajstić information content (AvgIpc) is 3.03. The minimum absolute atomic E-state index is 0.0149. The van der Waals surface area contributed by atoms with E-state index in [0.717, 1.165) is 49.8 Å². The van der Waals surface area contributed by atoms with E-state index in [2.05, 4.69) is 68.6 Å². The normalized spacial score (nSPS) is 20.2. The largest absolute Gasteiger partial charge is 0.338 e. The lowest BCUT2D eigenvalue weighted by atomic mass is 9.76. The second kappa shape index (κ2) is 8.05. The Morgan fingerprint density at radius 2 is 1.77 bits per heavy atom. The zero-order valence-corrected chi connectivity index (χ0v) is 19.0. The highest BCUT2D eigenvalue weighted by Gasteiger charge is 2.34. The number of benzene rings is 1. The van der Waals surface area contributed by atoms with Crippen molar-refractivity contribution in [2.45, 2.75) is 79.6 Å². The third-order valence-electron chi connectivity index (χ3n) is 6.82. The molecule has 4 rings (SSSR count). The van der Waals surface area contributed by atoms with Gasteiger partial charge >= 0.3 is 5.97 Å². The maximum absolute atomic E-state index is 12.5. The summed E-state index contributed by atoms with van der Waals surface area (Å²) in [5, 5.41) is 4.43. The van der Waals surface area contributed by atoms with Crippen molar-refractivity contribution in [1.82, 2.24) is 4.57 Å². The number of hydrogen-bond donors (Lipinski definition) is 0. The summed E-state index contributed by atoms with van der Waals surface area (Å²) < 4.78 is 2.35. The number of carbonyl (C=O) groups excluding carboxylic acids is 1. The first-order chi connectivity index (χ1) is 14.2. The van der Waals surface area contributed by atoms with E-state index in [1.807, 2.05) is 0 Å². The van der Waals surface area contributed by atoms with Gasteiger partial charge in [-0.3, -0.25) is 0 Å². The van der Waals surface area contributed by atoms with Gasteiger partial charge in [0.15, 0.2) is 0 Å². The molecular weight excluding hydrogens is 372 g/mol. The summed E-state index contributed by atoms with van der Waals surface area (Å²) in [6, 6.07) is 8.83. The number of aryl methyl sites for hydroxylation is 3. The molecule has 0 bridgehead atoms. The molecule has 4 heteroatoms. The summed E-state index contributed by atoms with van der Waals surface area (Å²) in [6.07, 6.45) is 7.11. The van der Waals surface area contributed by atoms with Gasteiger partial charge < -0.3 is 9.40 Å². The van der Waals surface area contributed by atoms with Crippen LogP contribution in [0.2, 0.25) is 0 Å². The zero-order valence-electron chi connectivity index (χ0n) is 19.0. The minimum atomic E-state index is -0.155. The third-order valence-corrected chi connectivity index (χ3v) is 6.82. The molecule has 2 aliphatic rings. The number of oxime groups is 1. The Balaban J connectivity index is 1.69. The molecule has 0 saturated heterocycles. The van der Waals surface area contributed by atoms with Gasteiger partial charge in [-0.05, 0) is 81.2 Å². The van der Waals surface area contributed by atoms with Crippen molar-refractivity contribution >= 4 is 11.7 Å². The Kier molecular flexibility index (Phi) is 5.61. The zero-order chi connectivity index (χ0) is 21.5. The van der Waals surface area contributed by atoms with Crippen LogP contribution in [0.5, 0.6) is 0 Å². The van der Waals surface area contributed by atoms with E-state index in [0.29, 0.717) is 0 Å². The van der Waals surface area contributed by atoms with Gasteiger partial charge in [0.2, 0.25) is 0 Å². The topological polar surface area (TPSA) is 43.6 Å². The van der Waals surface area contributed by atoms with E-state index in [1.165, 1.54) is 34.6 Å². The van der Waals surface area contributed by atoms with E-state index in [9.17, 15) is 4.79 Å². The van der Waals surface area contributed by atoms with Gasteiger partial charge in [0.25, 0.3) is 0 Å². The van der Waals surface area contributed by atoms with Crippen molar-refractivity contribution < 1.29 is 9.63 Å². The fraction of sp³-hybridized carbons (Fsp3) is 0.538. The van der Waals surface area contributed by atoms with Crippen LogP contribution < -0.4 is 0 Å². The van der Waals surface area contributed by atoms with Crippen LogP contribution in [0.3, 0.4) is 0 Å². The molecule has 0 N–H and O–H groups in total. The monoisotopic (exact) mass is 406 g/mol. The molecule has 1 heterocycles. The maximum Gasteiger partial charge on any atom is 0.338 e. The van der Waals surface area contributed by atoms with Gasteiger partial charge in [0, 0.05) is 22.6 Å². The fourth-order valence-corrected chi connectivity index (χ4v) is 5.00. The second-order valence-electron chi connectivity index (χ2n) is 10.1. The van der Waals surface area contributed by atoms with E-state index < -0.39 is 0 Å². The molecular formula is C26H34N2O2. The number of fused-ring (bicyclic) bond motifs is 1. The highest BCUT2D eigenvalue weighted by Crippen LogP contribution is 2.38. The molecule has 1 saturated carbocycles. The Labute approximate surface area is 180 Å². The number of rotatable bonds is 3. The van der Waals surface area contributed by atoms with E-state index in [-0.39, 0.29) is 17.3 Å². The molecule has 2 aromatic rings. The molecule has 0 aliphatic heterocycles. The molecule has 1 aromatic carbocycles. The van der Waals surface area contributed by atoms with Crippen LogP contribution in [0.4, 0.5) is 0 Å². The standard InChI is InChI=1S/C26H34N2O2/c1-17-11-12-21(13-18(17)2)28-19(3)14-22-23(15-26(4,5)16-24(22)28)27-30-25(29)20-9-7-6-8-10-20/h11-14,20H,6-10,15-16H2,1-5H3/b27-23+. The SMILES string of the molecule is Cc1ccc(-n2c(C)cc3c2CC(C)(C)C/C3=N\OC(=O)C2CCCCC2)cc1C. The molecule has 4 nitrogen and oxygen atoms in total. The molecule has 0 atom stereocenters. The van der Waals surface area contributed by atoms with Crippen molar-refractivity contribution in [3.8, 4) is 5.69 Å². The van der Waals surface area contributed by atoms with Crippen LogP contribution >= 0.6 is 0 Å². The fourth-order valence-electron chi connectivity index (χ4n) is 5.00. The predicted molar refractivity (Wildman–Crippen MR) is 121 cm³/mol. The number of hydrogen-bond acceptors (Lipinski definition) is 3. The predicted octanol–water partition coefficient (Wildman–Crippen LogP) is 6.20. The maximum atomic E-state index is 12.5. The van der Waals surface area contributed by atoms with Gasteiger partial charge in [0.1, 0.15) is 0 Å². The summed E-state index contributed by atoms with van der Waals surface area (Å²) in [5.74, 6) is -0.140. The highest BCUT2D eigenvalue weighted by molar-refractivity contribution is 6.03. The summed E-state index contributed by atoms with van der Waals surface area (Å²) in [5.41, 5.74) is 8.32. The van der Waals surface area contributed by atoms with Gasteiger partial charge in [-0.25, -0.2) is 4.79 Å². The van der Waals surface area contributed by atoms with Crippen LogP contribution in [0.1, 0.15) is 80.5 Å². The highest BCUT2D eigenvalue weighted by atomic mass is 16.7. The van der Waals surface area contributed by atoms with Crippen molar-refractivity contribution in [3.63, 3.8) is 0 Å². The van der Waals surface area contributed by atoms with Gasteiger partial charge in [-0.1, -0.05) is 44.3 Å². The molecule has 30 heavy (non-hydrogen) atoms. The van der Waals surface area contributed by atoms with Crippen molar-refractivity contribution in [1.29, 1.82) is 0 Å². The first kappa shape index (κ1) is 20.9. The number of aromatic nitrogens is 1. The van der Waals surface area contributed by atoms with Crippen LogP contribution in [0, 0.1) is 32.1 Å². The minimum Gasteiger partial charge on any atom is -0.318 e. The Hall–Kier alpha value is -2.36.